The Kier molecular flexibility index (Phi) is 2.78. The van der Waals surface area contributed by atoms with E-state index >= 15 is 0 Å². The third-order valence-corrected chi connectivity index (χ3v) is 2.27. The van der Waals surface area contributed by atoms with Crippen LogP contribution in [0.4, 0.5) is 0 Å². The molecule has 0 fully saturated rings. The largest absolute Gasteiger partial charge is 0.383 e. The zero-order valence-electron chi connectivity index (χ0n) is 8.51. The van der Waals surface area contributed by atoms with Gasteiger partial charge in [-0.15, -0.1) is 0 Å². The molecule has 0 saturated heterocycles. The first-order valence-corrected chi connectivity index (χ1v) is 4.76. The molecule has 0 bridgehead atoms. The molecule has 2 heterocycles. The third-order valence-electron chi connectivity index (χ3n) is 2.27. The molecule has 2 aromatic rings. The average molecular weight is 204 g/mol. The van der Waals surface area contributed by atoms with Crippen molar-refractivity contribution < 1.29 is 4.74 Å². The number of hydrogen-bond donors (Lipinski definition) is 0. The van der Waals surface area contributed by atoms with Crippen LogP contribution in [-0.2, 0) is 11.3 Å². The van der Waals surface area contributed by atoms with Crippen molar-refractivity contribution in [1.82, 2.24) is 9.55 Å². The Morgan fingerprint density at radius 3 is 3.13 bits per heavy atom. The van der Waals surface area contributed by atoms with Gasteiger partial charge in [-0.05, 0) is 12.1 Å². The van der Waals surface area contributed by atoms with E-state index < -0.39 is 0 Å². The average Bonchev–Trinajstić information content (AvgIpc) is 2.29. The summed E-state index contributed by atoms with van der Waals surface area (Å²) in [4.78, 5) is 15.7. The van der Waals surface area contributed by atoms with Crippen LogP contribution in [0.3, 0.4) is 0 Å². The highest BCUT2D eigenvalue weighted by Gasteiger charge is 2.02. The lowest BCUT2D eigenvalue weighted by atomic mass is 10.3. The van der Waals surface area contributed by atoms with Crippen molar-refractivity contribution in [3.63, 3.8) is 0 Å². The fourth-order valence-electron chi connectivity index (χ4n) is 1.51. The molecule has 2 rings (SSSR count). The van der Waals surface area contributed by atoms with Crippen molar-refractivity contribution in [2.24, 2.45) is 0 Å². The van der Waals surface area contributed by atoms with Gasteiger partial charge >= 0.3 is 0 Å². The van der Waals surface area contributed by atoms with Crippen LogP contribution in [0.15, 0.2) is 35.4 Å². The molecule has 2 aromatic heterocycles. The molecule has 4 nitrogen and oxygen atoms in total. The maximum absolute atomic E-state index is 11.5. The first kappa shape index (κ1) is 9.86. The van der Waals surface area contributed by atoms with Gasteiger partial charge in [-0.1, -0.05) is 0 Å². The standard InChI is InChI=1S/C11H12N2O2/c1-15-8-7-13-6-4-10(14)9-3-2-5-12-11(9)13/h2-6H,7-8H2,1H3. The fraction of sp³-hybridized carbons (Fsp3) is 0.273. The molecular weight excluding hydrogens is 192 g/mol. The van der Waals surface area contributed by atoms with E-state index in [4.69, 9.17) is 4.74 Å². The van der Waals surface area contributed by atoms with Crippen molar-refractivity contribution in [3.05, 3.63) is 40.8 Å². The molecule has 0 spiro atoms. The number of methoxy groups -OCH3 is 1. The van der Waals surface area contributed by atoms with E-state index in [1.807, 2.05) is 4.57 Å². The number of rotatable bonds is 3. The molecule has 0 aliphatic rings. The minimum atomic E-state index is 0.00627. The SMILES string of the molecule is COCCn1ccc(=O)c2cccnc21. The summed E-state index contributed by atoms with van der Waals surface area (Å²) in [6, 6.07) is 5.11. The first-order valence-electron chi connectivity index (χ1n) is 4.76. The summed E-state index contributed by atoms with van der Waals surface area (Å²) in [5.74, 6) is 0. The maximum atomic E-state index is 11.5. The van der Waals surface area contributed by atoms with Gasteiger partial charge in [-0.25, -0.2) is 4.98 Å². The summed E-state index contributed by atoms with van der Waals surface area (Å²) in [5, 5.41) is 0.649. The highest BCUT2D eigenvalue weighted by atomic mass is 16.5. The molecule has 0 amide bonds. The quantitative estimate of drug-likeness (QED) is 0.750. The summed E-state index contributed by atoms with van der Waals surface area (Å²) in [5.41, 5.74) is 0.716. The highest BCUT2D eigenvalue weighted by molar-refractivity contribution is 5.74. The van der Waals surface area contributed by atoms with Gasteiger partial charge in [0.1, 0.15) is 5.65 Å². The van der Waals surface area contributed by atoms with Crippen molar-refractivity contribution in [3.8, 4) is 0 Å². The molecule has 4 heteroatoms. The van der Waals surface area contributed by atoms with Crippen LogP contribution < -0.4 is 5.43 Å². The Balaban J connectivity index is 2.56. The molecule has 0 aromatic carbocycles. The number of nitrogens with zero attached hydrogens (tertiary/aromatic N) is 2. The van der Waals surface area contributed by atoms with Crippen molar-refractivity contribution in [2.45, 2.75) is 6.54 Å². The zero-order valence-corrected chi connectivity index (χ0v) is 8.51. The van der Waals surface area contributed by atoms with Crippen LogP contribution in [0.25, 0.3) is 11.0 Å². The molecule has 0 atom stereocenters. The number of pyridine rings is 2. The van der Waals surface area contributed by atoms with E-state index in [0.29, 0.717) is 24.2 Å². The van der Waals surface area contributed by atoms with Gasteiger partial charge in [0.05, 0.1) is 12.0 Å². The number of ether oxygens (including phenoxy) is 1. The van der Waals surface area contributed by atoms with Gasteiger partial charge in [0.15, 0.2) is 5.43 Å². The normalized spacial score (nSPS) is 10.7. The number of hydrogen-bond acceptors (Lipinski definition) is 3. The van der Waals surface area contributed by atoms with Crippen LogP contribution in [-0.4, -0.2) is 23.3 Å². The van der Waals surface area contributed by atoms with Crippen molar-refractivity contribution in [1.29, 1.82) is 0 Å². The predicted molar refractivity (Wildman–Crippen MR) is 57.9 cm³/mol. The van der Waals surface area contributed by atoms with Crippen molar-refractivity contribution >= 4 is 11.0 Å². The van der Waals surface area contributed by atoms with Crippen LogP contribution in [0.5, 0.6) is 0 Å². The molecular formula is C11H12N2O2. The second-order valence-electron chi connectivity index (χ2n) is 3.24. The summed E-state index contributed by atoms with van der Waals surface area (Å²) in [6.45, 7) is 1.30. The van der Waals surface area contributed by atoms with E-state index in [1.54, 1.807) is 37.7 Å². The summed E-state index contributed by atoms with van der Waals surface area (Å²) >= 11 is 0. The minimum Gasteiger partial charge on any atom is -0.383 e. The predicted octanol–water partition coefficient (Wildman–Crippen LogP) is 1.04. The monoisotopic (exact) mass is 204 g/mol. The van der Waals surface area contributed by atoms with E-state index in [0.717, 1.165) is 0 Å². The number of fused-ring (bicyclic) bond motifs is 1. The van der Waals surface area contributed by atoms with Gasteiger partial charge in [0.25, 0.3) is 0 Å². The zero-order chi connectivity index (χ0) is 10.7. The minimum absolute atomic E-state index is 0.00627. The smallest absolute Gasteiger partial charge is 0.191 e. The van der Waals surface area contributed by atoms with E-state index in [9.17, 15) is 4.79 Å². The summed E-state index contributed by atoms with van der Waals surface area (Å²) in [7, 11) is 1.65. The molecule has 0 aliphatic carbocycles. The Hall–Kier alpha value is -1.68. The fourth-order valence-corrected chi connectivity index (χ4v) is 1.51. The van der Waals surface area contributed by atoms with E-state index in [1.165, 1.54) is 0 Å². The van der Waals surface area contributed by atoms with Crippen LogP contribution in [0.1, 0.15) is 0 Å². The molecule has 0 N–H and O–H groups in total. The van der Waals surface area contributed by atoms with E-state index in [-0.39, 0.29) is 5.43 Å². The van der Waals surface area contributed by atoms with Crippen LogP contribution in [0.2, 0.25) is 0 Å². The molecule has 0 radical (unpaired) electrons. The molecule has 15 heavy (non-hydrogen) atoms. The van der Waals surface area contributed by atoms with Crippen LogP contribution in [0, 0.1) is 0 Å². The van der Waals surface area contributed by atoms with Gasteiger partial charge in [0, 0.05) is 32.1 Å². The molecule has 0 unspecified atom stereocenters. The van der Waals surface area contributed by atoms with Gasteiger partial charge in [-0.3, -0.25) is 4.79 Å². The summed E-state index contributed by atoms with van der Waals surface area (Å²) < 4.78 is 6.92. The van der Waals surface area contributed by atoms with Gasteiger partial charge in [0.2, 0.25) is 0 Å². The lowest BCUT2D eigenvalue weighted by Gasteiger charge is -2.08. The Labute approximate surface area is 87.1 Å². The van der Waals surface area contributed by atoms with E-state index in [2.05, 4.69) is 4.98 Å². The van der Waals surface area contributed by atoms with Crippen LogP contribution >= 0.6 is 0 Å². The Morgan fingerprint density at radius 1 is 1.47 bits per heavy atom. The second-order valence-corrected chi connectivity index (χ2v) is 3.24. The molecule has 0 saturated carbocycles. The topological polar surface area (TPSA) is 44.1 Å². The lowest BCUT2D eigenvalue weighted by Crippen LogP contribution is -2.11. The van der Waals surface area contributed by atoms with Crippen molar-refractivity contribution in [2.75, 3.05) is 13.7 Å². The number of aromatic nitrogens is 2. The first-order chi connectivity index (χ1) is 7.33. The van der Waals surface area contributed by atoms with Gasteiger partial charge < -0.3 is 9.30 Å². The van der Waals surface area contributed by atoms with Gasteiger partial charge in [-0.2, -0.15) is 0 Å². The lowest BCUT2D eigenvalue weighted by molar-refractivity contribution is 0.188. The Morgan fingerprint density at radius 2 is 2.33 bits per heavy atom. The maximum Gasteiger partial charge on any atom is 0.191 e. The highest BCUT2D eigenvalue weighted by Crippen LogP contribution is 2.05. The summed E-state index contributed by atoms with van der Waals surface area (Å²) in [6.07, 6.45) is 3.43. The molecule has 0 aliphatic heterocycles. The second kappa shape index (κ2) is 4.23. The molecule has 78 valence electrons. The Bertz CT molecular complexity index is 519. The third kappa shape index (κ3) is 1.89.